The van der Waals surface area contributed by atoms with Gasteiger partial charge in [0, 0.05) is 89.9 Å². The zero-order valence-corrected chi connectivity index (χ0v) is 61.2. The first-order valence-corrected chi connectivity index (χ1v) is 38.4. The highest BCUT2D eigenvalue weighted by Gasteiger charge is 2.53. The first kappa shape index (κ1) is 64.7. The van der Waals surface area contributed by atoms with Crippen molar-refractivity contribution in [1.82, 2.24) is 39.9 Å². The molecule has 0 radical (unpaired) electrons. The molecule has 0 fully saturated rings. The van der Waals surface area contributed by atoms with Gasteiger partial charge in [-0.25, -0.2) is 29.9 Å². The molecule has 19 aromatic rings. The number of aromatic nitrogens is 8. The summed E-state index contributed by atoms with van der Waals surface area (Å²) in [6, 6.07) is 128. The Morgan fingerprint density at radius 3 is 0.851 bits per heavy atom. The van der Waals surface area contributed by atoms with Crippen LogP contribution in [-0.2, 0) is 10.8 Å². The van der Waals surface area contributed by atoms with Crippen molar-refractivity contribution in [2.24, 2.45) is 0 Å². The van der Waals surface area contributed by atoms with E-state index in [1.54, 1.807) is 0 Å². The van der Waals surface area contributed by atoms with Gasteiger partial charge >= 0.3 is 0 Å². The van der Waals surface area contributed by atoms with E-state index >= 15 is 0 Å². The van der Waals surface area contributed by atoms with Crippen molar-refractivity contribution in [3.05, 3.63) is 421 Å². The summed E-state index contributed by atoms with van der Waals surface area (Å²) in [6.45, 7) is 0. The first-order valence-electron chi connectivity index (χ1n) is 38.4. The molecule has 2 spiro atoms. The number of benzene rings is 15. The molecule has 0 N–H and O–H groups in total. The van der Waals surface area contributed by atoms with Crippen LogP contribution in [0.1, 0.15) is 44.5 Å². The van der Waals surface area contributed by atoms with Crippen LogP contribution < -0.4 is 9.47 Å². The van der Waals surface area contributed by atoms with E-state index in [1.807, 2.05) is 48.8 Å². The van der Waals surface area contributed by atoms with Gasteiger partial charge in [-0.05, 0) is 151 Å². The second kappa shape index (κ2) is 25.7. The van der Waals surface area contributed by atoms with Crippen molar-refractivity contribution >= 4 is 21.8 Å². The highest BCUT2D eigenvalue weighted by Crippen LogP contribution is 2.65. The summed E-state index contributed by atoms with van der Waals surface area (Å²) in [5.41, 5.74) is 27.2. The van der Waals surface area contributed by atoms with Crippen LogP contribution in [0.15, 0.2) is 376 Å². The maximum absolute atomic E-state index is 6.87. The number of rotatable bonds is 10. The summed E-state index contributed by atoms with van der Waals surface area (Å²) in [6.07, 6.45) is 3.75. The molecule has 4 aromatic heterocycles. The minimum absolute atomic E-state index is 0.535. The monoisotopic (exact) mass is 1450 g/mol. The molecule has 10 nitrogen and oxygen atoms in total. The van der Waals surface area contributed by atoms with Gasteiger partial charge in [0.05, 0.1) is 21.9 Å². The molecule has 15 aromatic carbocycles. The number of hydrogen-bond donors (Lipinski definition) is 0. The van der Waals surface area contributed by atoms with Crippen molar-refractivity contribution in [2.45, 2.75) is 10.8 Å². The average molecular weight is 1460 g/mol. The smallest absolute Gasteiger partial charge is 0.164 e. The van der Waals surface area contributed by atoms with E-state index in [0.29, 0.717) is 34.9 Å². The molecular weight excluding hydrogens is 1390 g/mol. The second-order valence-electron chi connectivity index (χ2n) is 29.6. The third-order valence-electron chi connectivity index (χ3n) is 23.4. The number of hydrogen-bond acceptors (Lipinski definition) is 10. The number of para-hydroxylation sites is 6. The Kier molecular flexibility index (Phi) is 14.6. The first-order chi connectivity index (χ1) is 56.4. The minimum Gasteiger partial charge on any atom is -0.457 e. The third-order valence-corrected chi connectivity index (χ3v) is 23.4. The zero-order chi connectivity index (χ0) is 75.0. The van der Waals surface area contributed by atoms with E-state index in [-0.39, 0.29) is 0 Å². The van der Waals surface area contributed by atoms with Gasteiger partial charge in [0.15, 0.2) is 34.9 Å². The lowest BCUT2D eigenvalue weighted by atomic mass is 9.65. The van der Waals surface area contributed by atoms with E-state index in [9.17, 15) is 0 Å². The highest BCUT2D eigenvalue weighted by molar-refractivity contribution is 5.99. The molecular formula is C104H62N8O2. The van der Waals surface area contributed by atoms with Crippen LogP contribution in [0.4, 0.5) is 0 Å². The summed E-state index contributed by atoms with van der Waals surface area (Å²) in [7, 11) is 0. The summed E-state index contributed by atoms with van der Waals surface area (Å²) < 4.78 is 13.7. The number of nitrogens with zero attached hydrogens (tertiary/aromatic N) is 8. The van der Waals surface area contributed by atoms with Crippen molar-refractivity contribution in [2.75, 3.05) is 0 Å². The van der Waals surface area contributed by atoms with Crippen molar-refractivity contribution in [3.8, 4) is 158 Å². The molecule has 10 heteroatoms. The predicted octanol–water partition coefficient (Wildman–Crippen LogP) is 24.8. The Morgan fingerprint density at radius 2 is 0.447 bits per heavy atom. The zero-order valence-electron chi connectivity index (χ0n) is 61.2. The van der Waals surface area contributed by atoms with Crippen LogP contribution in [0.3, 0.4) is 0 Å². The molecule has 530 valence electrons. The Morgan fingerprint density at radius 1 is 0.175 bits per heavy atom. The van der Waals surface area contributed by atoms with Gasteiger partial charge in [-0.2, -0.15) is 0 Å². The third kappa shape index (κ3) is 10.1. The van der Waals surface area contributed by atoms with Crippen LogP contribution >= 0.6 is 0 Å². The summed E-state index contributed by atoms with van der Waals surface area (Å²) >= 11 is 0. The normalized spacial score (nSPS) is 13.2. The van der Waals surface area contributed by atoms with Gasteiger partial charge in [0.2, 0.25) is 0 Å². The topological polar surface area (TPSA) is 122 Å². The Hall–Kier alpha value is -15.3. The van der Waals surface area contributed by atoms with Gasteiger partial charge in [-0.15, -0.1) is 0 Å². The van der Waals surface area contributed by atoms with Crippen molar-refractivity contribution in [1.29, 1.82) is 0 Å². The Labute approximate surface area is 656 Å². The molecule has 0 unspecified atom stereocenters. The number of fused-ring (bicyclic) bond motifs is 20. The van der Waals surface area contributed by atoms with Crippen LogP contribution in [0.5, 0.6) is 23.0 Å². The summed E-state index contributed by atoms with van der Waals surface area (Å²) in [5.74, 6) is 6.52. The second-order valence-corrected chi connectivity index (χ2v) is 29.6. The van der Waals surface area contributed by atoms with Crippen molar-refractivity contribution < 1.29 is 9.47 Å². The summed E-state index contributed by atoms with van der Waals surface area (Å²) in [4.78, 5) is 42.4. The molecule has 114 heavy (non-hydrogen) atoms. The van der Waals surface area contributed by atoms with Crippen LogP contribution in [0.2, 0.25) is 0 Å². The lowest BCUT2D eigenvalue weighted by Gasteiger charge is -2.39. The molecule has 2 aliphatic carbocycles. The lowest BCUT2D eigenvalue weighted by molar-refractivity contribution is 0.436. The van der Waals surface area contributed by atoms with Gasteiger partial charge in [-0.1, -0.05) is 291 Å². The van der Waals surface area contributed by atoms with E-state index < -0.39 is 10.8 Å². The fraction of sp³-hybridized carbons (Fsp3) is 0.0192. The largest absolute Gasteiger partial charge is 0.457 e. The molecule has 0 saturated heterocycles. The number of pyridine rings is 2. The fourth-order valence-corrected chi connectivity index (χ4v) is 18.3. The summed E-state index contributed by atoms with van der Waals surface area (Å²) in [5, 5.41) is 2.18. The Bertz CT molecular complexity index is 7100. The molecule has 0 atom stereocenters. The minimum atomic E-state index is -0.806. The van der Waals surface area contributed by atoms with Crippen molar-refractivity contribution in [3.63, 3.8) is 0 Å². The molecule has 0 amide bonds. The molecule has 6 heterocycles. The SMILES string of the molecule is c1ccc(-c2cccc(-c3nc(-c4cccc(-c5ccc(-c6nc(-c7ccccc7)nc(-c7ccc8c(c7)C7(c9ccccc9Oc9ccccc97)c7cc(-c9cccc%10cccnc9%10)ccc7-8)n6)cc5)c4)nc(-c4ccc5c(c4)C4(c6ccccc6Oc6ccccc64)c4cc(-c6cccc7cccnc67)ccc4-5)n3)c2)cc1. The molecule has 0 bridgehead atoms. The maximum atomic E-state index is 6.87. The van der Waals surface area contributed by atoms with Gasteiger partial charge in [0.1, 0.15) is 23.0 Å². The average Bonchev–Trinajstić information content (AvgIpc) is 1.51. The molecule has 23 rings (SSSR count). The number of ether oxygens (including phenoxy) is 2. The molecule has 2 aliphatic heterocycles. The van der Waals surface area contributed by atoms with Crippen LogP contribution in [0, 0.1) is 0 Å². The van der Waals surface area contributed by atoms with E-state index in [1.165, 1.54) is 5.56 Å². The standard InChI is InChI=1S/C104H62N8O2/c1-3-21-63(22-4-1)69-27-15-29-73(57-69)99-110-100(112-102(111-99)76-50-54-82-80-52-48-72(78-34-18-26-66-32-20-56-106-96(66)78)60-88(80)104(90(82)62-76)85-37-9-13-41-93(85)114-94-42-14-10-38-86(94)104)74-30-16-28-70(58-74)64-43-45-68(46-44-64)98-107-97(67-23-5-2-6-24-67)108-101(109-98)75-49-53-81-79-51-47-71(77-33-17-25-65-31-19-55-105-95(65)77)59-87(79)103(89(81)61-75)83-35-7-11-39-91(83)113-92-40-12-8-36-84(92)103/h1-62H. The quantitative estimate of drug-likeness (QED) is 0.131. The fourth-order valence-electron chi connectivity index (χ4n) is 18.3. The maximum Gasteiger partial charge on any atom is 0.164 e. The molecule has 0 saturated carbocycles. The predicted molar refractivity (Wildman–Crippen MR) is 453 cm³/mol. The van der Waals surface area contributed by atoms with E-state index in [0.717, 1.165) is 184 Å². The van der Waals surface area contributed by atoms with E-state index in [4.69, 9.17) is 49.3 Å². The molecule has 4 aliphatic rings. The van der Waals surface area contributed by atoms with E-state index in [2.05, 4.69) is 328 Å². The van der Waals surface area contributed by atoms with Gasteiger partial charge in [-0.3, -0.25) is 9.97 Å². The van der Waals surface area contributed by atoms with Gasteiger partial charge in [0.25, 0.3) is 0 Å². The highest BCUT2D eigenvalue weighted by atomic mass is 16.5. The van der Waals surface area contributed by atoms with Crippen LogP contribution in [-0.4, -0.2) is 39.9 Å². The van der Waals surface area contributed by atoms with Crippen LogP contribution in [0.25, 0.3) is 157 Å². The Balaban J connectivity index is 0.641. The lowest BCUT2D eigenvalue weighted by Crippen LogP contribution is -2.32. The van der Waals surface area contributed by atoms with Gasteiger partial charge < -0.3 is 9.47 Å².